The summed E-state index contributed by atoms with van der Waals surface area (Å²) < 4.78 is 48.0. The molecule has 0 aromatic heterocycles. The predicted octanol–water partition coefficient (Wildman–Crippen LogP) is 6.81. The summed E-state index contributed by atoms with van der Waals surface area (Å²) >= 11 is 12.0. The van der Waals surface area contributed by atoms with Crippen LogP contribution < -0.4 is 4.74 Å². The van der Waals surface area contributed by atoms with Gasteiger partial charge in [0.2, 0.25) is 0 Å². The van der Waals surface area contributed by atoms with Gasteiger partial charge >= 0.3 is 5.97 Å². The number of hydrogen-bond donors (Lipinski definition) is 1. The molecule has 33 heavy (non-hydrogen) atoms. The van der Waals surface area contributed by atoms with Crippen LogP contribution in [0.15, 0.2) is 30.3 Å². The van der Waals surface area contributed by atoms with Crippen LogP contribution in [0.3, 0.4) is 0 Å². The molecule has 1 saturated heterocycles. The highest BCUT2D eigenvalue weighted by Crippen LogP contribution is 2.45. The van der Waals surface area contributed by atoms with Crippen LogP contribution in [-0.4, -0.2) is 42.1 Å². The molecule has 1 atom stereocenters. The van der Waals surface area contributed by atoms with Crippen molar-refractivity contribution >= 4 is 29.2 Å². The summed E-state index contributed by atoms with van der Waals surface area (Å²) in [6, 6.07) is 5.99. The zero-order valence-electron chi connectivity index (χ0n) is 17.7. The molecule has 178 valence electrons. The molecule has 2 aromatic carbocycles. The van der Waals surface area contributed by atoms with E-state index in [0.29, 0.717) is 53.9 Å². The maximum absolute atomic E-state index is 14.2. The maximum Gasteiger partial charge on any atom is 0.338 e. The Morgan fingerprint density at radius 3 is 2.24 bits per heavy atom. The summed E-state index contributed by atoms with van der Waals surface area (Å²) in [6.45, 7) is 1.23. The molecular weight excluding hydrogens is 478 g/mol. The average molecular weight is 502 g/mol. The number of hydrogen-bond acceptors (Lipinski definition) is 3. The van der Waals surface area contributed by atoms with Gasteiger partial charge < -0.3 is 9.84 Å². The van der Waals surface area contributed by atoms with Crippen molar-refractivity contribution in [2.45, 2.75) is 44.1 Å². The third-order valence-electron chi connectivity index (χ3n) is 6.33. The summed E-state index contributed by atoms with van der Waals surface area (Å²) in [4.78, 5) is 13.0. The first-order valence-corrected chi connectivity index (χ1v) is 11.7. The largest absolute Gasteiger partial charge is 0.493 e. The SMILES string of the molecule is O=C(O)c1cc(C2CC2)c(OCC2CCN(C(c3cc(Cl)cc(Cl)c3)C(F)F)CC2)cc1F. The Balaban J connectivity index is 1.39. The maximum atomic E-state index is 14.2. The molecule has 1 N–H and O–H groups in total. The molecule has 1 aliphatic carbocycles. The van der Waals surface area contributed by atoms with Gasteiger partial charge in [-0.25, -0.2) is 18.0 Å². The van der Waals surface area contributed by atoms with Gasteiger partial charge in [-0.05, 0) is 86.0 Å². The van der Waals surface area contributed by atoms with Crippen molar-refractivity contribution in [1.29, 1.82) is 0 Å². The second kappa shape index (κ2) is 10.1. The first-order valence-electron chi connectivity index (χ1n) is 10.9. The molecule has 1 aliphatic heterocycles. The quantitative estimate of drug-likeness (QED) is 0.431. The van der Waals surface area contributed by atoms with Crippen molar-refractivity contribution in [2.24, 2.45) is 5.92 Å². The fourth-order valence-electron chi connectivity index (χ4n) is 4.44. The van der Waals surface area contributed by atoms with Crippen LogP contribution in [0.1, 0.15) is 59.1 Å². The Hall–Kier alpha value is -1.96. The van der Waals surface area contributed by atoms with Gasteiger partial charge in [-0.15, -0.1) is 0 Å². The summed E-state index contributed by atoms with van der Waals surface area (Å²) in [7, 11) is 0. The highest BCUT2D eigenvalue weighted by atomic mass is 35.5. The van der Waals surface area contributed by atoms with Crippen LogP contribution in [0.5, 0.6) is 5.75 Å². The minimum absolute atomic E-state index is 0.122. The van der Waals surface area contributed by atoms with Crippen molar-refractivity contribution in [1.82, 2.24) is 4.90 Å². The molecule has 2 aliphatic rings. The lowest BCUT2D eigenvalue weighted by Gasteiger charge is -2.37. The first kappa shape index (κ1) is 24.2. The van der Waals surface area contributed by atoms with Gasteiger partial charge in [0.05, 0.1) is 18.2 Å². The number of halogens is 5. The molecule has 2 aromatic rings. The van der Waals surface area contributed by atoms with E-state index in [2.05, 4.69) is 0 Å². The Labute approximate surface area is 200 Å². The Morgan fingerprint density at radius 1 is 1.06 bits per heavy atom. The molecule has 1 unspecified atom stereocenters. The second-order valence-corrected chi connectivity index (χ2v) is 9.59. The van der Waals surface area contributed by atoms with Crippen LogP contribution in [0.25, 0.3) is 0 Å². The minimum Gasteiger partial charge on any atom is -0.493 e. The molecule has 0 spiro atoms. The van der Waals surface area contributed by atoms with Gasteiger partial charge in [0, 0.05) is 16.1 Å². The van der Waals surface area contributed by atoms with Gasteiger partial charge in [-0.1, -0.05) is 23.2 Å². The number of carbonyl (C=O) groups is 1. The molecule has 0 bridgehead atoms. The van der Waals surface area contributed by atoms with Gasteiger partial charge in [0.1, 0.15) is 11.6 Å². The van der Waals surface area contributed by atoms with E-state index >= 15 is 0 Å². The number of carboxylic acids is 1. The Morgan fingerprint density at radius 2 is 1.70 bits per heavy atom. The zero-order valence-corrected chi connectivity index (χ0v) is 19.3. The van der Waals surface area contributed by atoms with E-state index in [-0.39, 0.29) is 17.4 Å². The molecule has 0 amide bonds. The number of nitrogens with zero attached hydrogens (tertiary/aromatic N) is 1. The Kier molecular flexibility index (Phi) is 7.41. The van der Waals surface area contributed by atoms with Gasteiger partial charge in [0.25, 0.3) is 6.43 Å². The van der Waals surface area contributed by atoms with Crippen molar-refractivity contribution in [3.05, 3.63) is 62.9 Å². The van der Waals surface area contributed by atoms with Crippen LogP contribution >= 0.6 is 23.2 Å². The fourth-order valence-corrected chi connectivity index (χ4v) is 4.98. The molecule has 9 heteroatoms. The van der Waals surface area contributed by atoms with E-state index in [1.807, 2.05) is 0 Å². The second-order valence-electron chi connectivity index (χ2n) is 8.72. The summed E-state index contributed by atoms with van der Waals surface area (Å²) in [5.74, 6) is -1.44. The minimum atomic E-state index is -2.59. The van der Waals surface area contributed by atoms with Crippen LogP contribution in [0.2, 0.25) is 10.0 Å². The lowest BCUT2D eigenvalue weighted by atomic mass is 9.94. The highest BCUT2D eigenvalue weighted by molar-refractivity contribution is 6.34. The molecule has 1 heterocycles. The van der Waals surface area contributed by atoms with E-state index in [1.165, 1.54) is 24.3 Å². The summed E-state index contributed by atoms with van der Waals surface area (Å²) in [6.07, 6.45) is 0.534. The Bertz CT molecular complexity index is 1000. The highest BCUT2D eigenvalue weighted by Gasteiger charge is 2.34. The number of rotatable bonds is 8. The summed E-state index contributed by atoms with van der Waals surface area (Å²) in [5.41, 5.74) is 0.763. The number of likely N-dealkylation sites (tertiary alicyclic amines) is 1. The average Bonchev–Trinajstić information content (AvgIpc) is 3.57. The number of piperidine rings is 1. The van der Waals surface area contributed by atoms with Crippen molar-refractivity contribution < 1.29 is 27.8 Å². The molecule has 0 radical (unpaired) electrons. The molecule has 2 fully saturated rings. The molecule has 4 nitrogen and oxygen atoms in total. The van der Waals surface area contributed by atoms with Crippen molar-refractivity contribution in [2.75, 3.05) is 19.7 Å². The van der Waals surface area contributed by atoms with E-state index in [1.54, 1.807) is 4.90 Å². The number of aromatic carboxylic acids is 1. The zero-order chi connectivity index (χ0) is 23.7. The van der Waals surface area contributed by atoms with Crippen molar-refractivity contribution in [3.8, 4) is 5.75 Å². The van der Waals surface area contributed by atoms with E-state index in [9.17, 15) is 23.1 Å². The van der Waals surface area contributed by atoms with E-state index < -0.39 is 24.3 Å². The fraction of sp³-hybridized carbons (Fsp3) is 0.458. The van der Waals surface area contributed by atoms with Gasteiger partial charge in [-0.3, -0.25) is 4.90 Å². The van der Waals surface area contributed by atoms with E-state index in [4.69, 9.17) is 27.9 Å². The predicted molar refractivity (Wildman–Crippen MR) is 120 cm³/mol. The monoisotopic (exact) mass is 501 g/mol. The smallest absolute Gasteiger partial charge is 0.338 e. The molecule has 1 saturated carbocycles. The third kappa shape index (κ3) is 5.76. The summed E-state index contributed by atoms with van der Waals surface area (Å²) in [5, 5.41) is 9.82. The number of benzene rings is 2. The lowest BCUT2D eigenvalue weighted by molar-refractivity contribution is 0.00318. The topological polar surface area (TPSA) is 49.8 Å². The number of ether oxygens (including phenoxy) is 1. The van der Waals surface area contributed by atoms with Crippen LogP contribution in [-0.2, 0) is 0 Å². The number of carboxylic acid groups (broad SMARTS) is 1. The van der Waals surface area contributed by atoms with Crippen molar-refractivity contribution in [3.63, 3.8) is 0 Å². The number of alkyl halides is 2. The normalized spacial score (nSPS) is 18.5. The first-order chi connectivity index (χ1) is 15.7. The van der Waals surface area contributed by atoms with Gasteiger partial charge in [-0.2, -0.15) is 0 Å². The van der Waals surface area contributed by atoms with Gasteiger partial charge in [0.15, 0.2) is 0 Å². The van der Waals surface area contributed by atoms with E-state index in [0.717, 1.165) is 24.5 Å². The third-order valence-corrected chi connectivity index (χ3v) is 6.77. The van der Waals surface area contributed by atoms with Crippen LogP contribution in [0, 0.1) is 11.7 Å². The molecular formula is C24H24Cl2F3NO3. The van der Waals surface area contributed by atoms with Crippen LogP contribution in [0.4, 0.5) is 13.2 Å². The molecule has 4 rings (SSSR count). The lowest BCUT2D eigenvalue weighted by Crippen LogP contribution is -2.40. The standard InChI is InChI=1S/C24H24Cl2F3NO3/c25-16-7-15(8-17(26)9-16)22(23(28)29)30-5-3-13(4-6-30)12-33-21-11-20(27)19(24(31)32)10-18(21)14-1-2-14/h7-11,13-14,22-23H,1-6,12H2,(H,31,32).